The van der Waals surface area contributed by atoms with E-state index in [4.69, 9.17) is 4.74 Å². The van der Waals surface area contributed by atoms with Gasteiger partial charge >= 0.3 is 5.97 Å². The van der Waals surface area contributed by atoms with E-state index in [-0.39, 0.29) is 5.97 Å². The first-order valence-electron chi connectivity index (χ1n) is 16.0. The predicted octanol–water partition coefficient (Wildman–Crippen LogP) is 11.5. The third-order valence-electron chi connectivity index (χ3n) is 7.44. The monoisotopic (exact) mass is 492 g/mol. The molecule has 0 aliphatic carbocycles. The van der Waals surface area contributed by atoms with Crippen molar-refractivity contribution in [2.24, 2.45) is 5.92 Å². The van der Waals surface area contributed by atoms with Crippen LogP contribution in [0.2, 0.25) is 0 Å². The van der Waals surface area contributed by atoms with Crippen LogP contribution in [-0.4, -0.2) is 12.6 Å². The van der Waals surface area contributed by atoms with Crippen LogP contribution >= 0.6 is 0 Å². The molecule has 1 unspecified atom stereocenters. The minimum atomic E-state index is 0.0140. The molecule has 0 heterocycles. The zero-order chi connectivity index (χ0) is 25.7. The normalized spacial score (nSPS) is 12.4. The van der Waals surface area contributed by atoms with Crippen LogP contribution in [-0.2, 0) is 9.53 Å². The summed E-state index contributed by atoms with van der Waals surface area (Å²) in [5.74, 6) is 0.931. The molecule has 35 heavy (non-hydrogen) atoms. The Kier molecular flexibility index (Phi) is 28.8. The van der Waals surface area contributed by atoms with Gasteiger partial charge in [0.25, 0.3) is 0 Å². The van der Waals surface area contributed by atoms with Crippen molar-refractivity contribution in [1.82, 2.24) is 0 Å². The van der Waals surface area contributed by atoms with Crippen LogP contribution in [0, 0.1) is 5.92 Å². The minimum Gasteiger partial charge on any atom is -0.466 e. The van der Waals surface area contributed by atoms with Gasteiger partial charge in [-0.05, 0) is 44.4 Å². The van der Waals surface area contributed by atoms with Crippen LogP contribution in [0.5, 0.6) is 0 Å². The fourth-order valence-electron chi connectivity index (χ4n) is 4.63. The van der Waals surface area contributed by atoms with E-state index in [2.05, 4.69) is 32.9 Å². The highest BCUT2D eigenvalue weighted by atomic mass is 16.5. The number of esters is 1. The quantitative estimate of drug-likeness (QED) is 0.0616. The lowest BCUT2D eigenvalue weighted by Crippen LogP contribution is -2.05. The van der Waals surface area contributed by atoms with Crippen molar-refractivity contribution in [3.05, 3.63) is 12.2 Å². The Bertz CT molecular complexity index is 442. The first-order valence-corrected chi connectivity index (χ1v) is 16.0. The van der Waals surface area contributed by atoms with Gasteiger partial charge in [0.15, 0.2) is 0 Å². The second-order valence-electron chi connectivity index (χ2n) is 11.0. The molecule has 0 aliphatic rings. The summed E-state index contributed by atoms with van der Waals surface area (Å²) in [5.41, 5.74) is 0. The van der Waals surface area contributed by atoms with Gasteiger partial charge in [0.05, 0.1) is 6.61 Å². The van der Waals surface area contributed by atoms with Crippen molar-refractivity contribution < 1.29 is 9.53 Å². The zero-order valence-corrected chi connectivity index (χ0v) is 24.4. The Morgan fingerprint density at radius 2 is 1.06 bits per heavy atom. The average Bonchev–Trinajstić information content (AvgIpc) is 2.86. The first-order chi connectivity index (χ1) is 17.2. The molecule has 0 saturated carbocycles. The van der Waals surface area contributed by atoms with Crippen molar-refractivity contribution in [3.63, 3.8) is 0 Å². The maximum Gasteiger partial charge on any atom is 0.305 e. The van der Waals surface area contributed by atoms with Gasteiger partial charge in [-0.15, -0.1) is 0 Å². The molecule has 0 N–H and O–H groups in total. The summed E-state index contributed by atoms with van der Waals surface area (Å²) in [6.07, 6.45) is 36.7. The highest BCUT2D eigenvalue weighted by molar-refractivity contribution is 5.69. The summed E-state index contributed by atoms with van der Waals surface area (Å²) in [6, 6.07) is 0. The Labute approximate surface area is 221 Å². The van der Waals surface area contributed by atoms with E-state index < -0.39 is 0 Å². The number of carbonyl (C=O) groups excluding carboxylic acids is 1. The van der Waals surface area contributed by atoms with Crippen LogP contribution < -0.4 is 0 Å². The summed E-state index contributed by atoms with van der Waals surface area (Å²) in [6.45, 7) is 7.57. The van der Waals surface area contributed by atoms with Crippen LogP contribution in [0.3, 0.4) is 0 Å². The summed E-state index contributed by atoms with van der Waals surface area (Å²) < 4.78 is 5.41. The highest BCUT2D eigenvalue weighted by Crippen LogP contribution is 2.15. The summed E-state index contributed by atoms with van der Waals surface area (Å²) in [7, 11) is 0. The number of ether oxygens (including phenoxy) is 1. The minimum absolute atomic E-state index is 0.0140. The largest absolute Gasteiger partial charge is 0.466 e. The van der Waals surface area contributed by atoms with Gasteiger partial charge in [0, 0.05) is 6.42 Å². The fraction of sp³-hybridized carbons (Fsp3) is 0.909. The van der Waals surface area contributed by atoms with Gasteiger partial charge in [-0.25, -0.2) is 0 Å². The van der Waals surface area contributed by atoms with E-state index in [9.17, 15) is 4.79 Å². The molecule has 2 heteroatoms. The van der Waals surface area contributed by atoms with Crippen molar-refractivity contribution >= 4 is 5.97 Å². The van der Waals surface area contributed by atoms with Crippen molar-refractivity contribution in [3.8, 4) is 0 Å². The molecule has 0 aromatic rings. The number of carbonyl (C=O) groups is 1. The maximum atomic E-state index is 11.9. The van der Waals surface area contributed by atoms with E-state index in [0.29, 0.717) is 13.0 Å². The molecular weight excluding hydrogens is 428 g/mol. The molecule has 0 spiro atoms. The molecule has 0 bridgehead atoms. The Hall–Kier alpha value is -0.790. The van der Waals surface area contributed by atoms with Gasteiger partial charge < -0.3 is 4.74 Å². The average molecular weight is 493 g/mol. The summed E-state index contributed by atoms with van der Waals surface area (Å²) >= 11 is 0. The van der Waals surface area contributed by atoms with Gasteiger partial charge in [0.2, 0.25) is 0 Å². The number of unbranched alkanes of at least 4 members (excludes halogenated alkanes) is 19. The van der Waals surface area contributed by atoms with Gasteiger partial charge in [-0.2, -0.15) is 0 Å². The highest BCUT2D eigenvalue weighted by Gasteiger charge is 2.02. The number of hydrogen-bond acceptors (Lipinski definition) is 2. The molecule has 0 saturated heterocycles. The maximum absolute atomic E-state index is 11.9. The van der Waals surface area contributed by atoms with Crippen molar-refractivity contribution in [2.45, 2.75) is 181 Å². The molecule has 0 aromatic carbocycles. The summed E-state index contributed by atoms with van der Waals surface area (Å²) in [4.78, 5) is 11.9. The lowest BCUT2D eigenvalue weighted by molar-refractivity contribution is -0.143. The topological polar surface area (TPSA) is 26.3 Å². The van der Waals surface area contributed by atoms with Gasteiger partial charge in [-0.1, -0.05) is 148 Å². The van der Waals surface area contributed by atoms with E-state index in [1.807, 2.05) is 0 Å². The van der Waals surface area contributed by atoms with Crippen LogP contribution in [0.25, 0.3) is 0 Å². The molecule has 0 aliphatic heterocycles. The van der Waals surface area contributed by atoms with E-state index in [1.54, 1.807) is 0 Å². The van der Waals surface area contributed by atoms with Crippen LogP contribution in [0.1, 0.15) is 181 Å². The lowest BCUT2D eigenvalue weighted by Gasteiger charge is -2.07. The third kappa shape index (κ3) is 29.3. The van der Waals surface area contributed by atoms with Crippen molar-refractivity contribution in [2.75, 3.05) is 6.61 Å². The lowest BCUT2D eigenvalue weighted by atomic mass is 9.99. The Morgan fingerprint density at radius 3 is 1.60 bits per heavy atom. The Balaban J connectivity index is 3.20. The molecule has 0 fully saturated rings. The molecule has 0 rings (SSSR count). The zero-order valence-electron chi connectivity index (χ0n) is 24.4. The molecule has 1 atom stereocenters. The van der Waals surface area contributed by atoms with Gasteiger partial charge in [-0.3, -0.25) is 4.79 Å². The van der Waals surface area contributed by atoms with E-state index in [1.165, 1.54) is 135 Å². The molecule has 0 amide bonds. The first kappa shape index (κ1) is 34.2. The van der Waals surface area contributed by atoms with Crippen LogP contribution in [0.15, 0.2) is 12.2 Å². The molecule has 2 nitrogen and oxygen atoms in total. The Morgan fingerprint density at radius 1 is 0.600 bits per heavy atom. The molecular formula is C33H64O2. The molecule has 0 aromatic heterocycles. The SMILES string of the molecule is CCCCCC/C=C\CCCCCCCC(=O)OCCCCCCCCCCCCCC(C)CC. The van der Waals surface area contributed by atoms with E-state index in [0.717, 1.165) is 25.2 Å². The predicted molar refractivity (Wildman–Crippen MR) is 156 cm³/mol. The molecule has 208 valence electrons. The smallest absolute Gasteiger partial charge is 0.305 e. The van der Waals surface area contributed by atoms with Crippen LogP contribution in [0.4, 0.5) is 0 Å². The number of allylic oxidation sites excluding steroid dienone is 2. The number of rotatable bonds is 28. The van der Waals surface area contributed by atoms with Gasteiger partial charge in [0.1, 0.15) is 0 Å². The van der Waals surface area contributed by atoms with Crippen molar-refractivity contribution in [1.29, 1.82) is 0 Å². The fourth-order valence-corrected chi connectivity index (χ4v) is 4.63. The second-order valence-corrected chi connectivity index (χ2v) is 11.0. The summed E-state index contributed by atoms with van der Waals surface area (Å²) in [5, 5.41) is 0. The molecule has 0 radical (unpaired) electrons. The standard InChI is InChI=1S/C33H64O2/c1-4-6-7-8-9-10-11-12-15-18-21-24-27-30-33(34)35-31-28-25-22-19-16-13-14-17-20-23-26-29-32(3)5-2/h10-11,32H,4-9,12-31H2,1-3H3/b11-10-. The van der Waals surface area contributed by atoms with E-state index >= 15 is 0 Å². The second kappa shape index (κ2) is 29.4. The third-order valence-corrected chi connectivity index (χ3v) is 7.44. The number of hydrogen-bond donors (Lipinski definition) is 0.